The SMILES string of the molecule is CCn1c2ccccc2c2cc(NC(=O)C3CCN(S(=O)(=O)c4ccc(OC)c(OC)c4)CC3)ccc21. The fraction of sp³-hybridized carbons (Fsp3) is 0.321. The van der Waals surface area contributed by atoms with Crippen molar-refractivity contribution in [3.8, 4) is 11.5 Å². The number of amides is 1. The second-order valence-electron chi connectivity index (χ2n) is 9.18. The van der Waals surface area contributed by atoms with Crippen LogP contribution in [-0.4, -0.2) is 50.5 Å². The summed E-state index contributed by atoms with van der Waals surface area (Å²) in [6, 6.07) is 18.9. The summed E-state index contributed by atoms with van der Waals surface area (Å²) in [5, 5.41) is 5.32. The minimum atomic E-state index is -3.71. The van der Waals surface area contributed by atoms with Crippen molar-refractivity contribution < 1.29 is 22.7 Å². The molecule has 0 radical (unpaired) electrons. The van der Waals surface area contributed by atoms with Crippen LogP contribution in [0, 0.1) is 5.92 Å². The van der Waals surface area contributed by atoms with E-state index in [2.05, 4.69) is 28.9 Å². The number of carbonyl (C=O) groups is 1. The number of nitrogens with one attached hydrogen (secondary N) is 1. The smallest absolute Gasteiger partial charge is 0.243 e. The Labute approximate surface area is 216 Å². The molecule has 0 aliphatic carbocycles. The van der Waals surface area contributed by atoms with Gasteiger partial charge in [-0.05, 0) is 56.2 Å². The van der Waals surface area contributed by atoms with Gasteiger partial charge < -0.3 is 19.4 Å². The molecule has 1 N–H and O–H groups in total. The third-order valence-corrected chi connectivity index (χ3v) is 9.07. The maximum atomic E-state index is 13.2. The number of rotatable bonds is 7. The van der Waals surface area contributed by atoms with Crippen LogP contribution in [0.1, 0.15) is 19.8 Å². The summed E-state index contributed by atoms with van der Waals surface area (Å²) >= 11 is 0. The van der Waals surface area contributed by atoms with Crippen molar-refractivity contribution in [1.29, 1.82) is 0 Å². The molecule has 1 fully saturated rings. The zero-order valence-electron chi connectivity index (χ0n) is 21.2. The fourth-order valence-corrected chi connectivity index (χ4v) is 6.69. The van der Waals surface area contributed by atoms with Crippen LogP contribution in [0.15, 0.2) is 65.6 Å². The zero-order valence-corrected chi connectivity index (χ0v) is 22.0. The van der Waals surface area contributed by atoms with E-state index in [1.165, 1.54) is 36.2 Å². The van der Waals surface area contributed by atoms with Crippen LogP contribution < -0.4 is 14.8 Å². The Balaban J connectivity index is 1.28. The summed E-state index contributed by atoms with van der Waals surface area (Å²) in [6.45, 7) is 3.54. The molecule has 1 aliphatic heterocycles. The molecule has 8 nitrogen and oxygen atoms in total. The lowest BCUT2D eigenvalue weighted by atomic mass is 9.97. The molecule has 2 heterocycles. The molecule has 1 saturated heterocycles. The quantitative estimate of drug-likeness (QED) is 0.375. The number of ether oxygens (including phenoxy) is 2. The maximum absolute atomic E-state index is 13.2. The molecule has 1 amide bonds. The summed E-state index contributed by atoms with van der Waals surface area (Å²) in [4.78, 5) is 13.2. The largest absolute Gasteiger partial charge is 0.493 e. The van der Waals surface area contributed by atoms with Crippen LogP contribution in [0.5, 0.6) is 11.5 Å². The number of aromatic nitrogens is 1. The Bertz CT molecular complexity index is 1570. The molecule has 0 bridgehead atoms. The second-order valence-corrected chi connectivity index (χ2v) is 11.1. The molecule has 37 heavy (non-hydrogen) atoms. The number of piperidine rings is 1. The summed E-state index contributed by atoms with van der Waals surface area (Å²) in [5.41, 5.74) is 3.05. The highest BCUT2D eigenvalue weighted by Gasteiger charge is 2.32. The molecule has 9 heteroatoms. The van der Waals surface area contributed by atoms with Gasteiger partial charge in [-0.3, -0.25) is 4.79 Å². The summed E-state index contributed by atoms with van der Waals surface area (Å²) < 4.78 is 40.6. The van der Waals surface area contributed by atoms with E-state index < -0.39 is 10.0 Å². The van der Waals surface area contributed by atoms with Crippen molar-refractivity contribution in [2.24, 2.45) is 5.92 Å². The fourth-order valence-electron chi connectivity index (χ4n) is 5.20. The molecule has 1 aromatic heterocycles. The Kier molecular flexibility index (Phi) is 6.83. The van der Waals surface area contributed by atoms with Gasteiger partial charge in [0, 0.05) is 59.1 Å². The van der Waals surface area contributed by atoms with Gasteiger partial charge in [-0.15, -0.1) is 0 Å². The zero-order chi connectivity index (χ0) is 26.2. The van der Waals surface area contributed by atoms with Crippen molar-refractivity contribution in [3.05, 3.63) is 60.7 Å². The predicted octanol–water partition coefficient (Wildman–Crippen LogP) is 4.87. The van der Waals surface area contributed by atoms with Gasteiger partial charge in [0.25, 0.3) is 0 Å². The van der Waals surface area contributed by atoms with Crippen molar-refractivity contribution in [3.63, 3.8) is 0 Å². The molecular weight excluding hydrogens is 490 g/mol. The minimum Gasteiger partial charge on any atom is -0.493 e. The number of carbonyl (C=O) groups excluding carboxylic acids is 1. The third kappa shape index (κ3) is 4.53. The van der Waals surface area contributed by atoms with Gasteiger partial charge in [-0.1, -0.05) is 18.2 Å². The third-order valence-electron chi connectivity index (χ3n) is 7.17. The molecule has 0 unspecified atom stereocenters. The average Bonchev–Trinajstić information content (AvgIpc) is 3.25. The summed E-state index contributed by atoms with van der Waals surface area (Å²) in [6.07, 6.45) is 0.908. The maximum Gasteiger partial charge on any atom is 0.243 e. The number of nitrogens with zero attached hydrogens (tertiary/aromatic N) is 2. The number of methoxy groups -OCH3 is 2. The minimum absolute atomic E-state index is 0.0817. The highest BCUT2D eigenvalue weighted by atomic mass is 32.2. The topological polar surface area (TPSA) is 89.9 Å². The van der Waals surface area contributed by atoms with Crippen molar-refractivity contribution in [1.82, 2.24) is 8.87 Å². The predicted molar refractivity (Wildman–Crippen MR) is 145 cm³/mol. The number of fused-ring (bicyclic) bond motifs is 3. The van der Waals surface area contributed by atoms with Gasteiger partial charge in [0.05, 0.1) is 19.1 Å². The summed E-state index contributed by atoms with van der Waals surface area (Å²) in [7, 11) is -0.736. The van der Waals surface area contributed by atoms with Gasteiger partial charge in [-0.25, -0.2) is 8.42 Å². The van der Waals surface area contributed by atoms with E-state index in [4.69, 9.17) is 9.47 Å². The Hall–Kier alpha value is -3.56. The molecular formula is C28H31N3O5S. The molecule has 194 valence electrons. The van der Waals surface area contributed by atoms with Gasteiger partial charge in [0.15, 0.2) is 11.5 Å². The number of benzene rings is 3. The van der Waals surface area contributed by atoms with Crippen LogP contribution in [0.3, 0.4) is 0 Å². The first kappa shape index (κ1) is 25.1. The van der Waals surface area contributed by atoms with Crippen molar-refractivity contribution in [2.75, 3.05) is 32.6 Å². The first-order valence-corrected chi connectivity index (χ1v) is 13.9. The second kappa shape index (κ2) is 10.1. The molecule has 3 aromatic carbocycles. The van der Waals surface area contributed by atoms with E-state index in [-0.39, 0.29) is 29.8 Å². The number of para-hydroxylation sites is 1. The number of aryl methyl sites for hydroxylation is 1. The van der Waals surface area contributed by atoms with Gasteiger partial charge in [-0.2, -0.15) is 4.31 Å². The Morgan fingerprint density at radius 1 is 0.919 bits per heavy atom. The standard InChI is InChI=1S/C28H31N3O5S/c1-4-31-24-8-6-5-7-22(24)23-17-20(9-11-25(23)31)29-28(32)19-13-15-30(16-14-19)37(33,34)21-10-12-26(35-2)27(18-21)36-3/h5-12,17-19H,4,13-16H2,1-3H3,(H,29,32). The van der Waals surface area contributed by atoms with E-state index in [1.807, 2.05) is 30.3 Å². The van der Waals surface area contributed by atoms with E-state index in [0.717, 1.165) is 28.5 Å². The molecule has 0 atom stereocenters. The first-order valence-electron chi connectivity index (χ1n) is 12.4. The van der Waals surface area contributed by atoms with E-state index in [0.29, 0.717) is 24.3 Å². The van der Waals surface area contributed by atoms with Crippen LogP contribution in [-0.2, 0) is 21.4 Å². The van der Waals surface area contributed by atoms with Crippen LogP contribution in [0.4, 0.5) is 5.69 Å². The van der Waals surface area contributed by atoms with E-state index in [1.54, 1.807) is 6.07 Å². The lowest BCUT2D eigenvalue weighted by Gasteiger charge is -2.30. The van der Waals surface area contributed by atoms with Crippen LogP contribution in [0.25, 0.3) is 21.8 Å². The Morgan fingerprint density at radius 3 is 2.32 bits per heavy atom. The highest BCUT2D eigenvalue weighted by Crippen LogP contribution is 2.33. The monoisotopic (exact) mass is 521 g/mol. The number of anilines is 1. The summed E-state index contributed by atoms with van der Waals surface area (Å²) in [5.74, 6) is 0.484. The lowest BCUT2D eigenvalue weighted by molar-refractivity contribution is -0.120. The van der Waals surface area contributed by atoms with Crippen LogP contribution in [0.2, 0.25) is 0 Å². The molecule has 0 spiro atoms. The van der Waals surface area contributed by atoms with Gasteiger partial charge in [0.2, 0.25) is 15.9 Å². The number of hydrogen-bond acceptors (Lipinski definition) is 5. The van der Waals surface area contributed by atoms with Crippen LogP contribution >= 0.6 is 0 Å². The first-order chi connectivity index (χ1) is 17.9. The Morgan fingerprint density at radius 2 is 1.62 bits per heavy atom. The molecule has 4 aromatic rings. The van der Waals surface area contributed by atoms with Crippen molar-refractivity contribution >= 4 is 43.4 Å². The number of hydrogen-bond donors (Lipinski definition) is 1. The van der Waals surface area contributed by atoms with Crippen molar-refractivity contribution in [2.45, 2.75) is 31.2 Å². The highest BCUT2D eigenvalue weighted by molar-refractivity contribution is 7.89. The molecule has 5 rings (SSSR count). The normalized spacial score (nSPS) is 15.2. The number of sulfonamides is 1. The van der Waals surface area contributed by atoms with Gasteiger partial charge >= 0.3 is 0 Å². The average molecular weight is 522 g/mol. The van der Waals surface area contributed by atoms with Gasteiger partial charge in [0.1, 0.15) is 0 Å². The lowest BCUT2D eigenvalue weighted by Crippen LogP contribution is -2.41. The van der Waals surface area contributed by atoms with E-state index >= 15 is 0 Å². The molecule has 0 saturated carbocycles. The molecule has 1 aliphatic rings. The van der Waals surface area contributed by atoms with E-state index in [9.17, 15) is 13.2 Å².